The van der Waals surface area contributed by atoms with Gasteiger partial charge in [-0.3, -0.25) is 19.2 Å². The molecule has 2 atom stereocenters. The van der Waals surface area contributed by atoms with E-state index < -0.39 is 0 Å². The molecule has 0 bridgehead atoms. The van der Waals surface area contributed by atoms with E-state index in [2.05, 4.69) is 25.2 Å². The van der Waals surface area contributed by atoms with Crippen LogP contribution in [0.2, 0.25) is 0 Å². The summed E-state index contributed by atoms with van der Waals surface area (Å²) in [4.78, 5) is 58.9. The molecule has 4 aromatic rings. The number of rotatable bonds is 10. The standard InChI is InChI=1S/C29H32N2O2.C9H8O2.C4H8O.C2H6/c1-21-10-8-13-26(21)29(33)31(27-14-7-6-9-22(27)2)20-24-15-17-25(18-16-24)30-28(32)19-23-11-4-3-5-12-23;1-7(11)9-5-3-2-4-8(9)6-10;1-3-4(2)5;1-2/h3-7,9,11-12,14-18,21,26H,8,10,13,19-20H2,1-2H3,(H,30,32);2-6H,1H3;3H2,1-2H3;1-2H3. The zero-order chi connectivity index (χ0) is 37.8. The molecule has 0 heterocycles. The number of carbonyl (C=O) groups excluding carboxylic acids is 5. The van der Waals surface area contributed by atoms with Gasteiger partial charge in [0.1, 0.15) is 5.78 Å². The van der Waals surface area contributed by atoms with Gasteiger partial charge in [0.05, 0.1) is 13.0 Å². The molecule has 1 fully saturated rings. The van der Waals surface area contributed by atoms with Crippen molar-refractivity contribution in [3.8, 4) is 0 Å². The monoisotopic (exact) mass is 690 g/mol. The number of amides is 2. The molecule has 4 aromatic carbocycles. The van der Waals surface area contributed by atoms with Crippen molar-refractivity contribution in [2.75, 3.05) is 10.2 Å². The van der Waals surface area contributed by atoms with Gasteiger partial charge in [-0.15, -0.1) is 0 Å². The van der Waals surface area contributed by atoms with Crippen LogP contribution in [0.15, 0.2) is 103 Å². The number of hydrogen-bond acceptors (Lipinski definition) is 5. The molecule has 1 aliphatic rings. The summed E-state index contributed by atoms with van der Waals surface area (Å²) in [6.07, 6.45) is 4.91. The third-order valence-corrected chi connectivity index (χ3v) is 8.60. The van der Waals surface area contributed by atoms with Crippen LogP contribution in [0.5, 0.6) is 0 Å². The van der Waals surface area contributed by atoms with Gasteiger partial charge in [-0.1, -0.05) is 119 Å². The highest BCUT2D eigenvalue weighted by Gasteiger charge is 2.33. The Labute approximate surface area is 304 Å². The second-order valence-electron chi connectivity index (χ2n) is 12.4. The lowest BCUT2D eigenvalue weighted by Gasteiger charge is -2.29. The van der Waals surface area contributed by atoms with Gasteiger partial charge in [-0.05, 0) is 74.4 Å². The lowest BCUT2D eigenvalue weighted by molar-refractivity contribution is -0.123. The van der Waals surface area contributed by atoms with Crippen LogP contribution < -0.4 is 10.2 Å². The van der Waals surface area contributed by atoms with Crippen LogP contribution in [0, 0.1) is 18.8 Å². The van der Waals surface area contributed by atoms with Crippen molar-refractivity contribution in [3.63, 3.8) is 0 Å². The molecule has 270 valence electrons. The molecular formula is C44H54N2O5. The van der Waals surface area contributed by atoms with E-state index in [-0.39, 0.29) is 29.3 Å². The van der Waals surface area contributed by atoms with Crippen LogP contribution in [0.1, 0.15) is 105 Å². The predicted molar refractivity (Wildman–Crippen MR) is 208 cm³/mol. The molecular weight excluding hydrogens is 636 g/mol. The first-order valence-corrected chi connectivity index (χ1v) is 17.9. The van der Waals surface area contributed by atoms with Gasteiger partial charge in [-0.25, -0.2) is 0 Å². The molecule has 2 unspecified atom stereocenters. The number of para-hydroxylation sites is 1. The Morgan fingerprint density at radius 1 is 0.784 bits per heavy atom. The minimum Gasteiger partial charge on any atom is -0.326 e. The normalized spacial score (nSPS) is 14.2. The lowest BCUT2D eigenvalue weighted by Crippen LogP contribution is -2.37. The van der Waals surface area contributed by atoms with Crippen molar-refractivity contribution in [3.05, 3.63) is 131 Å². The highest BCUT2D eigenvalue weighted by Crippen LogP contribution is 2.35. The number of hydrogen-bond donors (Lipinski definition) is 1. The van der Waals surface area contributed by atoms with Crippen LogP contribution in [0.4, 0.5) is 11.4 Å². The molecule has 0 radical (unpaired) electrons. The number of aldehydes is 1. The fourth-order valence-corrected chi connectivity index (χ4v) is 5.64. The van der Waals surface area contributed by atoms with E-state index in [1.54, 1.807) is 31.2 Å². The van der Waals surface area contributed by atoms with E-state index in [1.807, 2.05) is 98.5 Å². The second kappa shape index (κ2) is 22.5. The maximum Gasteiger partial charge on any atom is 0.230 e. The zero-order valence-electron chi connectivity index (χ0n) is 31.3. The van der Waals surface area contributed by atoms with Crippen molar-refractivity contribution in [2.24, 2.45) is 11.8 Å². The minimum atomic E-state index is -0.0762. The molecule has 0 aromatic heterocycles. The first-order valence-electron chi connectivity index (χ1n) is 17.9. The summed E-state index contributed by atoms with van der Waals surface area (Å²) in [5.41, 5.74) is 5.81. The summed E-state index contributed by atoms with van der Waals surface area (Å²) < 4.78 is 0. The Morgan fingerprint density at radius 2 is 1.37 bits per heavy atom. The number of nitrogens with zero attached hydrogens (tertiary/aromatic N) is 1. The number of carbonyl (C=O) groups is 5. The van der Waals surface area contributed by atoms with Crippen molar-refractivity contribution < 1.29 is 24.0 Å². The Hall–Kier alpha value is -5.17. The average molecular weight is 691 g/mol. The fraction of sp³-hybridized carbons (Fsp3) is 0.341. The summed E-state index contributed by atoms with van der Waals surface area (Å²) in [6, 6.07) is 32.4. The minimum absolute atomic E-state index is 0.0408. The first kappa shape index (κ1) is 42.0. The fourth-order valence-electron chi connectivity index (χ4n) is 5.64. The second-order valence-corrected chi connectivity index (χ2v) is 12.4. The summed E-state index contributed by atoms with van der Waals surface area (Å²) in [5, 5.41) is 2.97. The maximum atomic E-state index is 13.6. The number of ketones is 2. The molecule has 1 aliphatic carbocycles. The van der Waals surface area contributed by atoms with Gasteiger partial charge < -0.3 is 15.0 Å². The molecule has 1 saturated carbocycles. The number of benzene rings is 4. The molecule has 51 heavy (non-hydrogen) atoms. The van der Waals surface area contributed by atoms with Crippen LogP contribution in [0.3, 0.4) is 0 Å². The molecule has 5 rings (SSSR count). The SMILES string of the molecule is CC.CC(=O)c1ccccc1C=O.CCC(C)=O.Cc1ccccc1N(Cc1ccc(NC(=O)Cc2ccccc2)cc1)C(=O)C1CCCC1C. The quantitative estimate of drug-likeness (QED) is 0.132. The Balaban J connectivity index is 0.000000413. The smallest absolute Gasteiger partial charge is 0.230 e. The van der Waals surface area contributed by atoms with Gasteiger partial charge in [0.2, 0.25) is 11.8 Å². The van der Waals surface area contributed by atoms with Gasteiger partial charge >= 0.3 is 0 Å². The van der Waals surface area contributed by atoms with Crippen LogP contribution in [0.25, 0.3) is 0 Å². The molecule has 7 nitrogen and oxygen atoms in total. The van der Waals surface area contributed by atoms with Crippen LogP contribution in [-0.2, 0) is 27.3 Å². The molecule has 7 heteroatoms. The zero-order valence-corrected chi connectivity index (χ0v) is 31.3. The maximum absolute atomic E-state index is 13.6. The largest absolute Gasteiger partial charge is 0.326 e. The predicted octanol–water partition coefficient (Wildman–Crippen LogP) is 9.86. The molecule has 0 spiro atoms. The molecule has 0 saturated heterocycles. The van der Waals surface area contributed by atoms with Gasteiger partial charge in [0.15, 0.2) is 12.1 Å². The Morgan fingerprint density at radius 3 is 1.90 bits per heavy atom. The first-order chi connectivity index (χ1) is 24.5. The highest BCUT2D eigenvalue weighted by atomic mass is 16.2. The number of Topliss-reactive ketones (excluding diaryl/α,β-unsaturated/α-hetero) is 2. The third kappa shape index (κ3) is 13.9. The number of nitrogens with one attached hydrogen (secondary N) is 1. The number of anilines is 2. The van der Waals surface area contributed by atoms with E-state index in [4.69, 9.17) is 0 Å². The third-order valence-electron chi connectivity index (χ3n) is 8.60. The summed E-state index contributed by atoms with van der Waals surface area (Å²) in [6.45, 7) is 13.6. The Bertz CT molecular complexity index is 1700. The van der Waals surface area contributed by atoms with E-state index in [0.717, 1.165) is 47.3 Å². The molecule has 2 amide bonds. The summed E-state index contributed by atoms with van der Waals surface area (Å²) >= 11 is 0. The van der Waals surface area contributed by atoms with Gasteiger partial charge in [0.25, 0.3) is 0 Å². The topological polar surface area (TPSA) is 101 Å². The molecule has 1 N–H and O–H groups in total. The van der Waals surface area contributed by atoms with Gasteiger partial charge in [-0.2, -0.15) is 0 Å². The Kier molecular flexibility index (Phi) is 18.6. The average Bonchev–Trinajstić information content (AvgIpc) is 3.58. The van der Waals surface area contributed by atoms with Gasteiger partial charge in [0, 0.05) is 34.8 Å². The van der Waals surface area contributed by atoms with Crippen molar-refractivity contribution in [1.29, 1.82) is 0 Å². The van der Waals surface area contributed by atoms with Crippen molar-refractivity contribution >= 4 is 41.0 Å². The van der Waals surface area contributed by atoms with Crippen LogP contribution >= 0.6 is 0 Å². The number of aryl methyl sites for hydroxylation is 1. The summed E-state index contributed by atoms with van der Waals surface area (Å²) in [7, 11) is 0. The van der Waals surface area contributed by atoms with Crippen molar-refractivity contribution in [2.45, 2.75) is 87.1 Å². The van der Waals surface area contributed by atoms with E-state index in [1.165, 1.54) is 6.92 Å². The van der Waals surface area contributed by atoms with E-state index >= 15 is 0 Å². The van der Waals surface area contributed by atoms with E-state index in [0.29, 0.717) is 42.7 Å². The molecule has 0 aliphatic heterocycles. The van der Waals surface area contributed by atoms with Crippen molar-refractivity contribution in [1.82, 2.24) is 0 Å². The van der Waals surface area contributed by atoms with E-state index in [9.17, 15) is 24.0 Å². The lowest BCUT2D eigenvalue weighted by atomic mass is 9.95. The summed E-state index contributed by atoms with van der Waals surface area (Å²) in [5.74, 6) is 0.862. The highest BCUT2D eigenvalue weighted by molar-refractivity contribution is 6.01. The van der Waals surface area contributed by atoms with Crippen LogP contribution in [-0.4, -0.2) is 29.7 Å².